The van der Waals surface area contributed by atoms with Crippen LogP contribution in [0.2, 0.25) is 10.0 Å². The van der Waals surface area contributed by atoms with Crippen LogP contribution >= 0.6 is 23.2 Å². The molecule has 1 aliphatic rings. The van der Waals surface area contributed by atoms with Crippen LogP contribution in [0, 0.1) is 0 Å². The number of aromatic nitrogens is 2. The van der Waals surface area contributed by atoms with E-state index in [1.54, 1.807) is 24.3 Å². The summed E-state index contributed by atoms with van der Waals surface area (Å²) in [4.78, 5) is 12.0. The van der Waals surface area contributed by atoms with Gasteiger partial charge in [-0.1, -0.05) is 23.2 Å². The number of benzene rings is 1. The fourth-order valence-corrected chi connectivity index (χ4v) is 2.89. The van der Waals surface area contributed by atoms with Crippen molar-refractivity contribution in [3.05, 3.63) is 34.3 Å². The van der Waals surface area contributed by atoms with Gasteiger partial charge in [-0.2, -0.15) is 5.10 Å². The molecule has 1 aromatic heterocycles. The first-order chi connectivity index (χ1) is 10.1. The van der Waals surface area contributed by atoms with Crippen molar-refractivity contribution in [1.29, 1.82) is 0 Å². The van der Waals surface area contributed by atoms with E-state index < -0.39 is 0 Å². The number of rotatable bonds is 3. The summed E-state index contributed by atoms with van der Waals surface area (Å²) in [7, 11) is 0. The van der Waals surface area contributed by atoms with E-state index in [-0.39, 0.29) is 11.9 Å². The predicted molar refractivity (Wildman–Crippen MR) is 83.7 cm³/mol. The standard InChI is InChI=1S/C14H14Cl2N4O/c15-9-4-8(5-10(16)6-9)12-7-13(20-19-12)18-14(21)11-2-1-3-17-11/h4-7,11,17H,1-3H2,(H2,18,19,20,21). The summed E-state index contributed by atoms with van der Waals surface area (Å²) in [5.74, 6) is 0.425. The molecule has 1 fully saturated rings. The number of anilines is 1. The van der Waals surface area contributed by atoms with Crippen molar-refractivity contribution in [3.63, 3.8) is 0 Å². The topological polar surface area (TPSA) is 69.8 Å². The second-order valence-corrected chi connectivity index (χ2v) is 5.84. The molecule has 0 radical (unpaired) electrons. The molecule has 110 valence electrons. The molecule has 5 nitrogen and oxygen atoms in total. The Morgan fingerprint density at radius 1 is 1.24 bits per heavy atom. The summed E-state index contributed by atoms with van der Waals surface area (Å²) in [6, 6.07) is 6.85. The molecule has 1 aliphatic heterocycles. The van der Waals surface area contributed by atoms with E-state index in [2.05, 4.69) is 20.8 Å². The average molecular weight is 325 g/mol. The van der Waals surface area contributed by atoms with Crippen LogP contribution in [0.4, 0.5) is 5.82 Å². The van der Waals surface area contributed by atoms with Gasteiger partial charge < -0.3 is 10.6 Å². The molecule has 1 aromatic carbocycles. The van der Waals surface area contributed by atoms with Crippen LogP contribution in [-0.4, -0.2) is 28.7 Å². The lowest BCUT2D eigenvalue weighted by molar-refractivity contribution is -0.117. The second kappa shape index (κ2) is 6.05. The van der Waals surface area contributed by atoms with Crippen molar-refractivity contribution >= 4 is 34.9 Å². The smallest absolute Gasteiger partial charge is 0.242 e. The maximum atomic E-state index is 12.0. The molecule has 1 atom stereocenters. The van der Waals surface area contributed by atoms with E-state index in [0.29, 0.717) is 15.9 Å². The summed E-state index contributed by atoms with van der Waals surface area (Å²) < 4.78 is 0. The Hall–Kier alpha value is -1.56. The summed E-state index contributed by atoms with van der Waals surface area (Å²) >= 11 is 12.0. The first-order valence-corrected chi connectivity index (χ1v) is 7.43. The Labute approximate surface area is 132 Å². The van der Waals surface area contributed by atoms with Crippen LogP contribution in [0.3, 0.4) is 0 Å². The number of nitrogens with zero attached hydrogens (tertiary/aromatic N) is 1. The fraction of sp³-hybridized carbons (Fsp3) is 0.286. The SMILES string of the molecule is O=C(Nc1cc(-c2cc(Cl)cc(Cl)c2)[nH]n1)C1CCCN1. The lowest BCUT2D eigenvalue weighted by atomic mass is 10.1. The lowest BCUT2D eigenvalue weighted by Crippen LogP contribution is -2.35. The average Bonchev–Trinajstić information content (AvgIpc) is 3.08. The van der Waals surface area contributed by atoms with E-state index in [9.17, 15) is 4.79 Å². The van der Waals surface area contributed by atoms with Gasteiger partial charge in [0.05, 0.1) is 11.7 Å². The van der Waals surface area contributed by atoms with Crippen LogP contribution in [0.1, 0.15) is 12.8 Å². The lowest BCUT2D eigenvalue weighted by Gasteiger charge is -2.08. The molecule has 7 heteroatoms. The molecule has 0 saturated carbocycles. The van der Waals surface area contributed by atoms with E-state index in [1.165, 1.54) is 0 Å². The summed E-state index contributed by atoms with van der Waals surface area (Å²) in [6.45, 7) is 0.880. The Morgan fingerprint density at radius 3 is 2.67 bits per heavy atom. The monoisotopic (exact) mass is 324 g/mol. The van der Waals surface area contributed by atoms with Gasteiger partial charge in [-0.25, -0.2) is 0 Å². The first kappa shape index (κ1) is 14.4. The Balaban J connectivity index is 1.75. The number of carbonyl (C=O) groups is 1. The van der Waals surface area contributed by atoms with E-state index >= 15 is 0 Å². The van der Waals surface area contributed by atoms with Crippen LogP contribution in [0.5, 0.6) is 0 Å². The van der Waals surface area contributed by atoms with Crippen molar-refractivity contribution in [2.24, 2.45) is 0 Å². The number of amides is 1. The van der Waals surface area contributed by atoms with Gasteiger partial charge in [0, 0.05) is 21.7 Å². The maximum Gasteiger partial charge on any atom is 0.242 e. The minimum atomic E-state index is -0.134. The molecule has 3 rings (SSSR count). The van der Waals surface area contributed by atoms with Gasteiger partial charge in [0.25, 0.3) is 0 Å². The number of carbonyl (C=O) groups excluding carboxylic acids is 1. The van der Waals surface area contributed by atoms with Crippen LogP contribution < -0.4 is 10.6 Å². The minimum absolute atomic E-state index is 0.0605. The van der Waals surface area contributed by atoms with Crippen LogP contribution in [-0.2, 0) is 4.79 Å². The highest BCUT2D eigenvalue weighted by Crippen LogP contribution is 2.27. The predicted octanol–water partition coefficient (Wildman–Crippen LogP) is 3.07. The van der Waals surface area contributed by atoms with Gasteiger partial charge >= 0.3 is 0 Å². The molecule has 3 N–H and O–H groups in total. The zero-order valence-corrected chi connectivity index (χ0v) is 12.6. The zero-order valence-electron chi connectivity index (χ0n) is 11.1. The number of aromatic amines is 1. The largest absolute Gasteiger partial charge is 0.308 e. The molecule has 2 heterocycles. The van der Waals surface area contributed by atoms with Gasteiger partial charge in [-0.15, -0.1) is 0 Å². The molecular formula is C14H14Cl2N4O. The third-order valence-corrected chi connectivity index (χ3v) is 3.82. The molecule has 1 amide bonds. The number of hydrogen-bond acceptors (Lipinski definition) is 3. The number of hydrogen-bond donors (Lipinski definition) is 3. The zero-order chi connectivity index (χ0) is 14.8. The Bertz CT molecular complexity index is 644. The third kappa shape index (κ3) is 3.37. The van der Waals surface area contributed by atoms with Gasteiger partial charge in [0.1, 0.15) is 0 Å². The quantitative estimate of drug-likeness (QED) is 0.812. The number of H-pyrrole nitrogens is 1. The third-order valence-electron chi connectivity index (χ3n) is 3.38. The van der Waals surface area contributed by atoms with Crippen molar-refractivity contribution in [1.82, 2.24) is 15.5 Å². The minimum Gasteiger partial charge on any atom is -0.308 e. The van der Waals surface area contributed by atoms with Crippen LogP contribution in [0.25, 0.3) is 11.3 Å². The van der Waals surface area contributed by atoms with E-state index in [1.807, 2.05) is 0 Å². The highest BCUT2D eigenvalue weighted by Gasteiger charge is 2.22. The molecule has 0 spiro atoms. The van der Waals surface area contributed by atoms with E-state index in [0.717, 1.165) is 30.6 Å². The van der Waals surface area contributed by atoms with Crippen molar-refractivity contribution < 1.29 is 4.79 Å². The molecular weight excluding hydrogens is 311 g/mol. The fourth-order valence-electron chi connectivity index (χ4n) is 2.36. The first-order valence-electron chi connectivity index (χ1n) is 6.68. The normalized spacial score (nSPS) is 17.9. The number of nitrogens with one attached hydrogen (secondary N) is 3. The van der Waals surface area contributed by atoms with Crippen LogP contribution in [0.15, 0.2) is 24.3 Å². The molecule has 2 aromatic rings. The number of halogens is 2. The summed E-state index contributed by atoms with van der Waals surface area (Å²) in [5.41, 5.74) is 1.56. The molecule has 0 aliphatic carbocycles. The summed E-state index contributed by atoms with van der Waals surface area (Å²) in [5, 5.41) is 14.0. The molecule has 0 bridgehead atoms. The maximum absolute atomic E-state index is 12.0. The van der Waals surface area contributed by atoms with Crippen molar-refractivity contribution in [3.8, 4) is 11.3 Å². The Morgan fingerprint density at radius 2 is 2.00 bits per heavy atom. The molecule has 21 heavy (non-hydrogen) atoms. The highest BCUT2D eigenvalue weighted by atomic mass is 35.5. The van der Waals surface area contributed by atoms with Gasteiger partial charge in [0.15, 0.2) is 5.82 Å². The van der Waals surface area contributed by atoms with Gasteiger partial charge in [-0.05, 0) is 37.6 Å². The van der Waals surface area contributed by atoms with E-state index in [4.69, 9.17) is 23.2 Å². The molecule has 1 saturated heterocycles. The Kier molecular flexibility index (Phi) is 4.14. The highest BCUT2D eigenvalue weighted by molar-refractivity contribution is 6.35. The van der Waals surface area contributed by atoms with Gasteiger partial charge in [0.2, 0.25) is 5.91 Å². The van der Waals surface area contributed by atoms with Crippen molar-refractivity contribution in [2.45, 2.75) is 18.9 Å². The molecule has 1 unspecified atom stereocenters. The van der Waals surface area contributed by atoms with Crippen molar-refractivity contribution in [2.75, 3.05) is 11.9 Å². The summed E-state index contributed by atoms with van der Waals surface area (Å²) in [6.07, 6.45) is 1.87. The second-order valence-electron chi connectivity index (χ2n) is 4.96. The van der Waals surface area contributed by atoms with Gasteiger partial charge in [-0.3, -0.25) is 9.89 Å².